The lowest BCUT2D eigenvalue weighted by atomic mass is 9.94. The van der Waals surface area contributed by atoms with Gasteiger partial charge in [0.1, 0.15) is 0 Å². The van der Waals surface area contributed by atoms with E-state index in [9.17, 15) is 13.2 Å². The van der Waals surface area contributed by atoms with Gasteiger partial charge in [-0.15, -0.1) is 0 Å². The Hall–Kier alpha value is -1.44. The summed E-state index contributed by atoms with van der Waals surface area (Å²) >= 11 is 0. The van der Waals surface area contributed by atoms with Crippen LogP contribution in [0.15, 0.2) is 23.1 Å². The van der Waals surface area contributed by atoms with Crippen LogP contribution in [-0.2, 0) is 27.7 Å². The van der Waals surface area contributed by atoms with Crippen LogP contribution in [-0.4, -0.2) is 56.3 Å². The Morgan fingerprint density at radius 2 is 1.78 bits per heavy atom. The van der Waals surface area contributed by atoms with Gasteiger partial charge in [0, 0.05) is 32.1 Å². The van der Waals surface area contributed by atoms with E-state index in [1.807, 2.05) is 17.0 Å². The van der Waals surface area contributed by atoms with Crippen molar-refractivity contribution in [1.82, 2.24) is 9.21 Å². The zero-order valence-electron chi connectivity index (χ0n) is 15.8. The molecule has 1 heterocycles. The number of carbonyl (C=O) groups excluding carboxylic acids is 1. The highest BCUT2D eigenvalue weighted by molar-refractivity contribution is 7.89. The molecule has 2 fully saturated rings. The topological polar surface area (TPSA) is 83.7 Å². The van der Waals surface area contributed by atoms with Crippen molar-refractivity contribution in [2.75, 3.05) is 32.7 Å². The summed E-state index contributed by atoms with van der Waals surface area (Å²) in [4.78, 5) is 15.1. The molecule has 6 nitrogen and oxygen atoms in total. The summed E-state index contributed by atoms with van der Waals surface area (Å²) in [5.41, 5.74) is 8.25. The van der Waals surface area contributed by atoms with Crippen LogP contribution in [0, 0.1) is 11.8 Å². The second-order valence-electron chi connectivity index (χ2n) is 8.05. The fraction of sp³-hybridized carbons (Fsp3) is 0.650. The molecule has 7 heteroatoms. The molecule has 0 spiro atoms. The first kappa shape index (κ1) is 18.9. The number of nitrogens with two attached hydrogens (primary N) is 1. The van der Waals surface area contributed by atoms with Crippen LogP contribution >= 0.6 is 0 Å². The first-order valence-electron chi connectivity index (χ1n) is 10.1. The molecule has 1 aliphatic heterocycles. The molecular weight excluding hydrogens is 362 g/mol. The highest BCUT2D eigenvalue weighted by Gasteiger charge is 2.37. The fourth-order valence-electron chi connectivity index (χ4n) is 4.89. The zero-order valence-corrected chi connectivity index (χ0v) is 16.6. The van der Waals surface area contributed by atoms with Gasteiger partial charge >= 0.3 is 0 Å². The summed E-state index contributed by atoms with van der Waals surface area (Å²) in [6, 6.07) is 5.54. The van der Waals surface area contributed by atoms with Crippen molar-refractivity contribution in [1.29, 1.82) is 0 Å². The zero-order chi connectivity index (χ0) is 19.0. The number of rotatable bonds is 4. The Balaban J connectivity index is 1.42. The molecule has 3 aliphatic rings. The Morgan fingerprint density at radius 1 is 1.04 bits per heavy atom. The molecule has 0 aromatic heterocycles. The molecular formula is C20H29N3O3S. The lowest BCUT2D eigenvalue weighted by Gasteiger charge is -2.36. The number of nitrogens with zero attached hydrogens (tertiary/aromatic N) is 2. The predicted molar refractivity (Wildman–Crippen MR) is 104 cm³/mol. The molecule has 1 amide bonds. The van der Waals surface area contributed by atoms with Gasteiger partial charge < -0.3 is 10.6 Å². The Kier molecular flexibility index (Phi) is 5.27. The first-order valence-corrected chi connectivity index (χ1v) is 11.6. The Labute approximate surface area is 161 Å². The average molecular weight is 392 g/mol. The molecule has 0 radical (unpaired) electrons. The molecule has 2 aliphatic carbocycles. The van der Waals surface area contributed by atoms with E-state index in [0.717, 1.165) is 38.5 Å². The van der Waals surface area contributed by atoms with Gasteiger partial charge in [-0.1, -0.05) is 12.5 Å². The van der Waals surface area contributed by atoms with Gasteiger partial charge in [-0.25, -0.2) is 8.42 Å². The van der Waals surface area contributed by atoms with E-state index in [0.29, 0.717) is 37.6 Å². The van der Waals surface area contributed by atoms with Gasteiger partial charge in [0.15, 0.2) is 0 Å². The van der Waals surface area contributed by atoms with Gasteiger partial charge in [-0.05, 0) is 67.8 Å². The summed E-state index contributed by atoms with van der Waals surface area (Å²) in [6.45, 7) is 2.23. The molecule has 1 aromatic rings. The minimum Gasteiger partial charge on any atom is -0.340 e. The second kappa shape index (κ2) is 7.53. The molecule has 1 aromatic carbocycles. The van der Waals surface area contributed by atoms with Crippen molar-refractivity contribution < 1.29 is 13.2 Å². The molecule has 4 rings (SSSR count). The highest BCUT2D eigenvalue weighted by Crippen LogP contribution is 2.33. The number of hydrogen-bond acceptors (Lipinski definition) is 4. The van der Waals surface area contributed by atoms with Crippen molar-refractivity contribution in [3.05, 3.63) is 29.3 Å². The van der Waals surface area contributed by atoms with Gasteiger partial charge in [0.05, 0.1) is 4.90 Å². The maximum absolute atomic E-state index is 13.0. The van der Waals surface area contributed by atoms with E-state index in [4.69, 9.17) is 5.73 Å². The average Bonchev–Trinajstić information content (AvgIpc) is 3.35. The number of carbonyl (C=O) groups is 1. The smallest absolute Gasteiger partial charge is 0.243 e. The monoisotopic (exact) mass is 391 g/mol. The summed E-state index contributed by atoms with van der Waals surface area (Å²) < 4.78 is 27.6. The quantitative estimate of drug-likeness (QED) is 0.841. The van der Waals surface area contributed by atoms with Crippen LogP contribution in [0.5, 0.6) is 0 Å². The molecule has 1 saturated carbocycles. The van der Waals surface area contributed by atoms with E-state index < -0.39 is 10.0 Å². The summed E-state index contributed by atoms with van der Waals surface area (Å²) in [5.74, 6) is 0.470. The number of hydrogen-bond donors (Lipinski definition) is 1. The number of fused-ring (bicyclic) bond motifs is 1. The van der Waals surface area contributed by atoms with Crippen molar-refractivity contribution in [3.8, 4) is 0 Å². The standard InChI is InChI=1S/C20H29N3O3S/c21-14-17-5-2-6-19(17)20(24)22-9-11-23(12-10-22)27(25,26)18-8-7-15-3-1-4-16(15)13-18/h7-8,13,17,19H,1-6,9-12,14,21H2/t17-,19-/m1/s1. The highest BCUT2D eigenvalue weighted by atomic mass is 32.2. The Morgan fingerprint density at radius 3 is 2.52 bits per heavy atom. The van der Waals surface area contributed by atoms with E-state index in [-0.39, 0.29) is 17.7 Å². The predicted octanol–water partition coefficient (Wildman–Crippen LogP) is 1.38. The normalized spacial score (nSPS) is 26.3. The SMILES string of the molecule is NC[C@H]1CCC[C@H]1C(=O)N1CCN(S(=O)(=O)c2ccc3c(c2)CCC3)CC1. The van der Waals surface area contributed by atoms with E-state index in [2.05, 4.69) is 0 Å². The number of benzene rings is 1. The summed E-state index contributed by atoms with van der Waals surface area (Å²) in [6.07, 6.45) is 6.11. The minimum atomic E-state index is -3.49. The van der Waals surface area contributed by atoms with Crippen LogP contribution in [0.1, 0.15) is 36.8 Å². The van der Waals surface area contributed by atoms with Gasteiger partial charge in [-0.3, -0.25) is 4.79 Å². The van der Waals surface area contributed by atoms with Gasteiger partial charge in [-0.2, -0.15) is 4.31 Å². The molecule has 2 N–H and O–H groups in total. The second-order valence-corrected chi connectivity index (χ2v) is 9.98. The largest absolute Gasteiger partial charge is 0.340 e. The number of piperazine rings is 1. The maximum atomic E-state index is 13.0. The van der Waals surface area contributed by atoms with Gasteiger partial charge in [0.25, 0.3) is 0 Å². The van der Waals surface area contributed by atoms with Crippen LogP contribution < -0.4 is 5.73 Å². The molecule has 0 bridgehead atoms. The van der Waals surface area contributed by atoms with E-state index in [1.165, 1.54) is 15.4 Å². The van der Waals surface area contributed by atoms with Gasteiger partial charge in [0.2, 0.25) is 15.9 Å². The minimum absolute atomic E-state index is 0.0230. The molecule has 1 saturated heterocycles. The maximum Gasteiger partial charge on any atom is 0.243 e. The molecule has 2 atom stereocenters. The van der Waals surface area contributed by atoms with Crippen molar-refractivity contribution in [3.63, 3.8) is 0 Å². The van der Waals surface area contributed by atoms with Crippen molar-refractivity contribution >= 4 is 15.9 Å². The molecule has 0 unspecified atom stereocenters. The Bertz CT molecular complexity index is 816. The van der Waals surface area contributed by atoms with Crippen molar-refractivity contribution in [2.24, 2.45) is 17.6 Å². The van der Waals surface area contributed by atoms with Crippen LogP contribution in [0.3, 0.4) is 0 Å². The lowest BCUT2D eigenvalue weighted by molar-refractivity contribution is -0.137. The summed E-state index contributed by atoms with van der Waals surface area (Å²) in [5, 5.41) is 0. The summed E-state index contributed by atoms with van der Waals surface area (Å²) in [7, 11) is -3.49. The fourth-order valence-corrected chi connectivity index (χ4v) is 6.36. The van der Waals surface area contributed by atoms with Crippen molar-refractivity contribution in [2.45, 2.75) is 43.4 Å². The third kappa shape index (κ3) is 3.52. The van der Waals surface area contributed by atoms with E-state index >= 15 is 0 Å². The molecule has 27 heavy (non-hydrogen) atoms. The third-order valence-electron chi connectivity index (χ3n) is 6.54. The van der Waals surface area contributed by atoms with Crippen LogP contribution in [0.4, 0.5) is 0 Å². The number of aryl methyl sites for hydroxylation is 2. The first-order chi connectivity index (χ1) is 13.0. The number of sulfonamides is 1. The third-order valence-corrected chi connectivity index (χ3v) is 8.43. The van der Waals surface area contributed by atoms with E-state index in [1.54, 1.807) is 6.07 Å². The van der Waals surface area contributed by atoms with Crippen LogP contribution in [0.25, 0.3) is 0 Å². The lowest BCUT2D eigenvalue weighted by Crippen LogP contribution is -2.52. The number of amides is 1. The van der Waals surface area contributed by atoms with Crippen LogP contribution in [0.2, 0.25) is 0 Å². The molecule has 148 valence electrons.